The molecule has 3 nitrogen and oxygen atoms in total. The Bertz CT molecular complexity index is 338. The predicted molar refractivity (Wildman–Crippen MR) is 62.8 cm³/mol. The van der Waals surface area contributed by atoms with E-state index in [4.69, 9.17) is 5.73 Å². The zero-order valence-corrected chi connectivity index (χ0v) is 9.09. The number of aliphatic hydroxyl groups is 1. The third kappa shape index (κ3) is 2.42. The molecule has 1 aromatic carbocycles. The van der Waals surface area contributed by atoms with E-state index in [2.05, 4.69) is 11.4 Å². The highest BCUT2D eigenvalue weighted by Crippen LogP contribution is 2.44. The number of aliphatic hydroxyl groups excluding tert-OH is 1. The Balaban J connectivity index is 1.99. The van der Waals surface area contributed by atoms with Crippen molar-refractivity contribution in [2.75, 3.05) is 24.2 Å². The molecule has 1 aromatic rings. The van der Waals surface area contributed by atoms with Gasteiger partial charge in [-0.05, 0) is 43.5 Å². The average molecular weight is 206 g/mol. The second-order valence-electron chi connectivity index (χ2n) is 4.64. The van der Waals surface area contributed by atoms with Gasteiger partial charge in [0.2, 0.25) is 0 Å². The van der Waals surface area contributed by atoms with Crippen LogP contribution in [0.3, 0.4) is 0 Å². The van der Waals surface area contributed by atoms with Gasteiger partial charge in [0.15, 0.2) is 0 Å². The normalized spacial score (nSPS) is 17.5. The van der Waals surface area contributed by atoms with E-state index in [1.807, 2.05) is 19.1 Å². The molecule has 0 spiro atoms. The fourth-order valence-corrected chi connectivity index (χ4v) is 1.77. The van der Waals surface area contributed by atoms with Crippen molar-refractivity contribution in [2.45, 2.75) is 19.8 Å². The standard InChI is InChI=1S/C12H18N2O/c1-9-4-10(13)6-11(5-9)14-7-12(8-15)2-3-12/h4-6,14-15H,2-3,7-8,13H2,1H3. The van der Waals surface area contributed by atoms with E-state index in [9.17, 15) is 5.11 Å². The lowest BCUT2D eigenvalue weighted by Gasteiger charge is -2.14. The highest BCUT2D eigenvalue weighted by Gasteiger charge is 2.41. The Hall–Kier alpha value is -1.22. The van der Waals surface area contributed by atoms with Crippen LogP contribution in [0.5, 0.6) is 0 Å². The maximum absolute atomic E-state index is 9.18. The largest absolute Gasteiger partial charge is 0.399 e. The fourth-order valence-electron chi connectivity index (χ4n) is 1.77. The highest BCUT2D eigenvalue weighted by molar-refractivity contribution is 5.56. The number of hydrogen-bond donors (Lipinski definition) is 3. The molecule has 0 atom stereocenters. The maximum Gasteiger partial charge on any atom is 0.0504 e. The molecule has 15 heavy (non-hydrogen) atoms. The minimum atomic E-state index is 0.137. The summed E-state index contributed by atoms with van der Waals surface area (Å²) in [7, 11) is 0. The van der Waals surface area contributed by atoms with Gasteiger partial charge in [-0.25, -0.2) is 0 Å². The van der Waals surface area contributed by atoms with E-state index in [0.29, 0.717) is 0 Å². The summed E-state index contributed by atoms with van der Waals surface area (Å²) in [5, 5.41) is 12.5. The number of hydrogen-bond acceptors (Lipinski definition) is 3. The van der Waals surface area contributed by atoms with Crippen molar-refractivity contribution in [3.8, 4) is 0 Å². The Kier molecular flexibility index (Phi) is 2.57. The van der Waals surface area contributed by atoms with Crippen LogP contribution in [0.4, 0.5) is 11.4 Å². The smallest absolute Gasteiger partial charge is 0.0504 e. The third-order valence-corrected chi connectivity index (χ3v) is 3.06. The van der Waals surface area contributed by atoms with Gasteiger partial charge in [-0.1, -0.05) is 0 Å². The van der Waals surface area contributed by atoms with E-state index in [0.717, 1.165) is 36.3 Å². The van der Waals surface area contributed by atoms with Crippen LogP contribution in [0.25, 0.3) is 0 Å². The Morgan fingerprint density at radius 3 is 2.67 bits per heavy atom. The summed E-state index contributed by atoms with van der Waals surface area (Å²) in [5.41, 5.74) is 8.89. The predicted octanol–water partition coefficient (Wildman–Crippen LogP) is 1.76. The van der Waals surface area contributed by atoms with Gasteiger partial charge < -0.3 is 16.2 Å². The molecule has 4 N–H and O–H groups in total. The topological polar surface area (TPSA) is 58.3 Å². The summed E-state index contributed by atoms with van der Waals surface area (Å²) >= 11 is 0. The SMILES string of the molecule is Cc1cc(N)cc(NCC2(CO)CC2)c1. The molecule has 1 fully saturated rings. The molecule has 1 saturated carbocycles. The number of anilines is 2. The van der Waals surface area contributed by atoms with E-state index < -0.39 is 0 Å². The van der Waals surface area contributed by atoms with Crippen LogP contribution in [0.1, 0.15) is 18.4 Å². The van der Waals surface area contributed by atoms with Crippen molar-refractivity contribution >= 4 is 11.4 Å². The lowest BCUT2D eigenvalue weighted by Crippen LogP contribution is -2.19. The third-order valence-electron chi connectivity index (χ3n) is 3.06. The summed E-state index contributed by atoms with van der Waals surface area (Å²) in [6.07, 6.45) is 2.25. The van der Waals surface area contributed by atoms with Crippen molar-refractivity contribution in [3.63, 3.8) is 0 Å². The summed E-state index contributed by atoms with van der Waals surface area (Å²) < 4.78 is 0. The zero-order valence-electron chi connectivity index (χ0n) is 9.09. The molecule has 0 amide bonds. The number of nitrogens with one attached hydrogen (secondary N) is 1. The van der Waals surface area contributed by atoms with Crippen molar-refractivity contribution < 1.29 is 5.11 Å². The van der Waals surface area contributed by atoms with E-state index >= 15 is 0 Å². The van der Waals surface area contributed by atoms with Gasteiger partial charge in [-0.15, -0.1) is 0 Å². The lowest BCUT2D eigenvalue weighted by atomic mass is 10.1. The first-order chi connectivity index (χ1) is 7.13. The number of nitrogens with two attached hydrogens (primary N) is 1. The second kappa shape index (κ2) is 3.74. The van der Waals surface area contributed by atoms with Crippen molar-refractivity contribution in [1.29, 1.82) is 0 Å². The number of aryl methyl sites for hydroxylation is 1. The number of benzene rings is 1. The van der Waals surface area contributed by atoms with E-state index in [1.54, 1.807) is 0 Å². The molecular formula is C12H18N2O. The van der Waals surface area contributed by atoms with Crippen LogP contribution in [0.2, 0.25) is 0 Å². The van der Waals surface area contributed by atoms with Crippen molar-refractivity contribution in [1.82, 2.24) is 0 Å². The van der Waals surface area contributed by atoms with Crippen molar-refractivity contribution in [2.24, 2.45) is 5.41 Å². The molecular weight excluding hydrogens is 188 g/mol. The molecule has 0 aromatic heterocycles. The second-order valence-corrected chi connectivity index (χ2v) is 4.64. The summed E-state index contributed by atoms with van der Waals surface area (Å²) in [6.45, 7) is 3.15. The number of nitrogen functional groups attached to an aromatic ring is 1. The zero-order chi connectivity index (χ0) is 10.9. The Morgan fingerprint density at radius 1 is 1.40 bits per heavy atom. The van der Waals surface area contributed by atoms with Gasteiger partial charge in [0.05, 0.1) is 6.61 Å². The molecule has 0 heterocycles. The molecule has 2 rings (SSSR count). The lowest BCUT2D eigenvalue weighted by molar-refractivity contribution is 0.220. The minimum absolute atomic E-state index is 0.137. The van der Waals surface area contributed by atoms with Crippen LogP contribution in [0, 0.1) is 12.3 Å². The molecule has 0 unspecified atom stereocenters. The molecule has 82 valence electrons. The maximum atomic E-state index is 9.18. The average Bonchev–Trinajstić information content (AvgIpc) is 2.94. The van der Waals surface area contributed by atoms with Crippen LogP contribution < -0.4 is 11.1 Å². The molecule has 0 radical (unpaired) electrons. The molecule has 1 aliphatic carbocycles. The van der Waals surface area contributed by atoms with Crippen LogP contribution in [-0.4, -0.2) is 18.3 Å². The summed E-state index contributed by atoms with van der Waals surface area (Å²) in [4.78, 5) is 0. The molecule has 0 bridgehead atoms. The monoisotopic (exact) mass is 206 g/mol. The quantitative estimate of drug-likeness (QED) is 0.658. The fraction of sp³-hybridized carbons (Fsp3) is 0.500. The molecule has 3 heteroatoms. The Morgan fingerprint density at radius 2 is 2.13 bits per heavy atom. The van der Waals surface area contributed by atoms with Gasteiger partial charge in [-0.2, -0.15) is 0 Å². The molecule has 0 saturated heterocycles. The van der Waals surface area contributed by atoms with E-state index in [-0.39, 0.29) is 12.0 Å². The van der Waals surface area contributed by atoms with Crippen molar-refractivity contribution in [3.05, 3.63) is 23.8 Å². The molecule has 1 aliphatic rings. The molecule has 0 aliphatic heterocycles. The first-order valence-corrected chi connectivity index (χ1v) is 5.35. The van der Waals surface area contributed by atoms with E-state index in [1.165, 1.54) is 0 Å². The van der Waals surface area contributed by atoms with Crippen LogP contribution >= 0.6 is 0 Å². The summed E-state index contributed by atoms with van der Waals surface area (Å²) in [5.74, 6) is 0. The first-order valence-electron chi connectivity index (χ1n) is 5.35. The van der Waals surface area contributed by atoms with Crippen LogP contribution in [-0.2, 0) is 0 Å². The van der Waals surface area contributed by atoms with Crippen LogP contribution in [0.15, 0.2) is 18.2 Å². The minimum Gasteiger partial charge on any atom is -0.399 e. The van der Waals surface area contributed by atoms with Gasteiger partial charge in [0.25, 0.3) is 0 Å². The summed E-state index contributed by atoms with van der Waals surface area (Å²) in [6, 6.07) is 5.95. The Labute approximate surface area is 90.3 Å². The van der Waals surface area contributed by atoms with Gasteiger partial charge in [0, 0.05) is 23.3 Å². The van der Waals surface area contributed by atoms with Gasteiger partial charge in [-0.3, -0.25) is 0 Å². The first kappa shape index (κ1) is 10.3. The van der Waals surface area contributed by atoms with Gasteiger partial charge >= 0.3 is 0 Å². The highest BCUT2D eigenvalue weighted by atomic mass is 16.3. The number of rotatable bonds is 4. The van der Waals surface area contributed by atoms with Gasteiger partial charge in [0.1, 0.15) is 0 Å².